The van der Waals surface area contributed by atoms with Gasteiger partial charge >= 0.3 is 0 Å². The molecule has 1 aliphatic rings. The van der Waals surface area contributed by atoms with Crippen LogP contribution >= 0.6 is 43.2 Å². The summed E-state index contributed by atoms with van der Waals surface area (Å²) in [5.74, 6) is 0.895. The minimum atomic E-state index is 0.0251. The molecule has 94 valence electrons. The van der Waals surface area contributed by atoms with Crippen molar-refractivity contribution in [3.05, 3.63) is 49.0 Å². The largest absolute Gasteiger partial charge is 0.484 e. The van der Waals surface area contributed by atoms with Crippen molar-refractivity contribution >= 4 is 43.2 Å². The second-order valence-corrected chi connectivity index (χ2v) is 7.07. The summed E-state index contributed by atoms with van der Waals surface area (Å²) in [4.78, 5) is 1.21. The maximum absolute atomic E-state index is 6.24. The van der Waals surface area contributed by atoms with Crippen LogP contribution in [0, 0.1) is 0 Å². The molecule has 2 heterocycles. The van der Waals surface area contributed by atoms with E-state index < -0.39 is 0 Å². The van der Waals surface area contributed by atoms with Gasteiger partial charge in [-0.25, -0.2) is 0 Å². The van der Waals surface area contributed by atoms with Crippen molar-refractivity contribution in [1.29, 1.82) is 0 Å². The summed E-state index contributed by atoms with van der Waals surface area (Å²) in [5.41, 5.74) is 7.32. The zero-order valence-corrected chi connectivity index (χ0v) is 13.4. The van der Waals surface area contributed by atoms with Gasteiger partial charge in [-0.15, -0.1) is 11.3 Å². The molecule has 2 N–H and O–H groups in total. The molecule has 0 spiro atoms. The highest BCUT2D eigenvalue weighted by atomic mass is 79.9. The van der Waals surface area contributed by atoms with Crippen LogP contribution in [0.2, 0.25) is 0 Å². The van der Waals surface area contributed by atoms with Crippen LogP contribution in [-0.4, -0.2) is 0 Å². The van der Waals surface area contributed by atoms with Crippen molar-refractivity contribution in [2.75, 3.05) is 0 Å². The molecular formula is C13H11Br2NOS. The molecule has 0 fully saturated rings. The molecule has 1 aromatic heterocycles. The SMILES string of the molecule is N[C@@H]1CC(c2cc(Br)cs2)Oc2ccc(Br)cc21. The van der Waals surface area contributed by atoms with E-state index in [1.165, 1.54) is 4.88 Å². The molecule has 0 radical (unpaired) electrons. The normalized spacial score (nSPS) is 22.4. The van der Waals surface area contributed by atoms with E-state index in [0.717, 1.165) is 26.7 Å². The van der Waals surface area contributed by atoms with Crippen molar-refractivity contribution in [1.82, 2.24) is 0 Å². The van der Waals surface area contributed by atoms with Crippen LogP contribution in [-0.2, 0) is 0 Å². The molecule has 2 nitrogen and oxygen atoms in total. The first-order valence-corrected chi connectivity index (χ1v) is 8.05. The molecule has 0 amide bonds. The van der Waals surface area contributed by atoms with Gasteiger partial charge in [0.2, 0.25) is 0 Å². The Balaban J connectivity index is 1.94. The number of fused-ring (bicyclic) bond motifs is 1. The fraction of sp³-hybridized carbons (Fsp3) is 0.231. The summed E-state index contributed by atoms with van der Waals surface area (Å²) in [6.45, 7) is 0. The Kier molecular flexibility index (Phi) is 3.49. The fourth-order valence-corrected chi connectivity index (χ4v) is 4.01. The maximum Gasteiger partial charge on any atom is 0.135 e. The zero-order chi connectivity index (χ0) is 12.7. The first-order valence-electron chi connectivity index (χ1n) is 5.59. The third-order valence-corrected chi connectivity index (χ3v) is 5.29. The van der Waals surface area contributed by atoms with Crippen LogP contribution in [0.3, 0.4) is 0 Å². The average Bonchev–Trinajstić information content (AvgIpc) is 2.77. The van der Waals surface area contributed by atoms with Crippen molar-refractivity contribution in [3.63, 3.8) is 0 Å². The van der Waals surface area contributed by atoms with Crippen molar-refractivity contribution in [3.8, 4) is 5.75 Å². The van der Waals surface area contributed by atoms with Crippen LogP contribution in [0.4, 0.5) is 0 Å². The minimum absolute atomic E-state index is 0.0251. The average molecular weight is 389 g/mol. The van der Waals surface area contributed by atoms with Gasteiger partial charge in [0.1, 0.15) is 11.9 Å². The van der Waals surface area contributed by atoms with E-state index in [2.05, 4.69) is 43.3 Å². The van der Waals surface area contributed by atoms with Crippen LogP contribution in [0.25, 0.3) is 0 Å². The second-order valence-electron chi connectivity index (χ2n) is 4.30. The summed E-state index contributed by atoms with van der Waals surface area (Å²) in [5, 5.41) is 2.07. The molecule has 2 atom stereocenters. The number of rotatable bonds is 1. The fourth-order valence-electron chi connectivity index (χ4n) is 2.15. The molecular weight excluding hydrogens is 378 g/mol. The van der Waals surface area contributed by atoms with Crippen molar-refractivity contribution in [2.24, 2.45) is 5.73 Å². The maximum atomic E-state index is 6.24. The lowest BCUT2D eigenvalue weighted by atomic mass is 9.97. The second kappa shape index (κ2) is 4.96. The standard InChI is InChI=1S/C13H11Br2NOS/c14-7-1-2-11-9(3-7)10(16)5-12(17-11)13-4-8(15)6-18-13/h1-4,6,10,12H,5,16H2/t10-,12?/m1/s1. The number of hydrogen-bond donors (Lipinski definition) is 1. The van der Waals surface area contributed by atoms with Gasteiger partial charge in [0.05, 0.1) is 0 Å². The smallest absolute Gasteiger partial charge is 0.135 e. The molecule has 0 saturated carbocycles. The molecule has 18 heavy (non-hydrogen) atoms. The summed E-state index contributed by atoms with van der Waals surface area (Å²) in [6, 6.07) is 8.14. The Hall–Kier alpha value is -0.360. The summed E-state index contributed by atoms with van der Waals surface area (Å²) >= 11 is 8.64. The van der Waals surface area contributed by atoms with Crippen LogP contribution < -0.4 is 10.5 Å². The van der Waals surface area contributed by atoms with E-state index in [1.54, 1.807) is 11.3 Å². The van der Waals surface area contributed by atoms with E-state index >= 15 is 0 Å². The number of halogens is 2. The highest BCUT2D eigenvalue weighted by Gasteiger charge is 2.28. The number of ether oxygens (including phenoxy) is 1. The van der Waals surface area contributed by atoms with Gasteiger partial charge in [-0.1, -0.05) is 15.9 Å². The lowest BCUT2D eigenvalue weighted by molar-refractivity contribution is 0.165. The molecule has 0 saturated heterocycles. The van der Waals surface area contributed by atoms with Crippen molar-refractivity contribution < 1.29 is 4.74 Å². The quantitative estimate of drug-likeness (QED) is 0.761. The summed E-state index contributed by atoms with van der Waals surface area (Å²) in [6.07, 6.45) is 0.876. The molecule has 0 bridgehead atoms. The Labute approximate surface area is 126 Å². The Morgan fingerprint density at radius 2 is 2.06 bits per heavy atom. The van der Waals surface area contributed by atoms with Crippen LogP contribution in [0.1, 0.15) is 29.0 Å². The van der Waals surface area contributed by atoms with E-state index in [9.17, 15) is 0 Å². The van der Waals surface area contributed by atoms with Gasteiger partial charge in [0, 0.05) is 37.2 Å². The van der Waals surface area contributed by atoms with Crippen LogP contribution in [0.5, 0.6) is 5.75 Å². The molecule has 3 rings (SSSR count). The summed E-state index contributed by atoms with van der Waals surface area (Å²) in [7, 11) is 0. The molecule has 1 aliphatic heterocycles. The first kappa shape index (κ1) is 12.7. The van der Waals surface area contributed by atoms with Gasteiger partial charge in [0.25, 0.3) is 0 Å². The predicted octanol–water partition coefficient (Wildman–Crippen LogP) is 4.80. The molecule has 2 aromatic rings. The third kappa shape index (κ3) is 2.37. The molecule has 1 unspecified atom stereocenters. The number of thiophene rings is 1. The predicted molar refractivity (Wildman–Crippen MR) is 81.1 cm³/mol. The van der Waals surface area contributed by atoms with Crippen LogP contribution in [0.15, 0.2) is 38.6 Å². The molecule has 0 aliphatic carbocycles. The lowest BCUT2D eigenvalue weighted by Gasteiger charge is -2.29. The van der Waals surface area contributed by atoms with Crippen molar-refractivity contribution in [2.45, 2.75) is 18.6 Å². The third-order valence-electron chi connectivity index (χ3n) is 3.01. The van der Waals surface area contributed by atoms with Gasteiger partial charge in [0.15, 0.2) is 0 Å². The molecule has 1 aromatic carbocycles. The summed E-state index contributed by atoms with van der Waals surface area (Å²) < 4.78 is 8.18. The van der Waals surface area contributed by atoms with Gasteiger partial charge in [-0.05, 0) is 40.2 Å². The van der Waals surface area contributed by atoms with E-state index in [4.69, 9.17) is 10.5 Å². The Morgan fingerprint density at radius 3 is 2.78 bits per heavy atom. The zero-order valence-electron chi connectivity index (χ0n) is 9.40. The highest BCUT2D eigenvalue weighted by molar-refractivity contribution is 9.10. The first-order chi connectivity index (χ1) is 8.63. The highest BCUT2D eigenvalue weighted by Crippen LogP contribution is 2.42. The van der Waals surface area contributed by atoms with E-state index in [1.807, 2.05) is 18.2 Å². The number of benzene rings is 1. The molecule has 5 heteroatoms. The van der Waals surface area contributed by atoms with E-state index in [0.29, 0.717) is 0 Å². The van der Waals surface area contributed by atoms with Gasteiger partial charge < -0.3 is 10.5 Å². The lowest BCUT2D eigenvalue weighted by Crippen LogP contribution is -2.23. The monoisotopic (exact) mass is 387 g/mol. The van der Waals surface area contributed by atoms with E-state index in [-0.39, 0.29) is 12.1 Å². The Morgan fingerprint density at radius 1 is 1.22 bits per heavy atom. The van der Waals surface area contributed by atoms with Gasteiger partial charge in [-0.3, -0.25) is 0 Å². The number of hydrogen-bond acceptors (Lipinski definition) is 3. The topological polar surface area (TPSA) is 35.2 Å². The number of nitrogens with two attached hydrogens (primary N) is 1. The minimum Gasteiger partial charge on any atom is -0.484 e. The Bertz CT molecular complexity index is 584. The van der Waals surface area contributed by atoms with Gasteiger partial charge in [-0.2, -0.15) is 0 Å².